The van der Waals surface area contributed by atoms with Crippen LogP contribution in [0.15, 0.2) is 36.5 Å². The monoisotopic (exact) mass is 484 g/mol. The maximum Gasteiger partial charge on any atom is 0.417 e. The van der Waals surface area contributed by atoms with Gasteiger partial charge in [-0.15, -0.1) is 0 Å². The molecule has 0 aliphatic carbocycles. The first-order valence-corrected chi connectivity index (χ1v) is 10.3. The molecule has 0 radical (unpaired) electrons. The lowest BCUT2D eigenvalue weighted by atomic mass is 9.91. The maximum absolute atomic E-state index is 13.1. The van der Waals surface area contributed by atoms with Crippen molar-refractivity contribution in [3.8, 4) is 5.75 Å². The molecular weight excluding hydrogens is 465 g/mol. The van der Waals surface area contributed by atoms with E-state index in [9.17, 15) is 22.8 Å². The summed E-state index contributed by atoms with van der Waals surface area (Å²) in [5, 5.41) is 4.06. The van der Waals surface area contributed by atoms with Gasteiger partial charge in [0.1, 0.15) is 11.6 Å². The third kappa shape index (κ3) is 4.35. The summed E-state index contributed by atoms with van der Waals surface area (Å²) in [6, 6.07) is 7.45. The van der Waals surface area contributed by atoms with Gasteiger partial charge < -0.3 is 10.1 Å². The molecule has 0 spiro atoms. The number of nitrogens with one attached hydrogen (secondary N) is 1. The molecule has 176 valence electrons. The van der Waals surface area contributed by atoms with E-state index < -0.39 is 35.7 Å². The van der Waals surface area contributed by atoms with E-state index in [1.165, 1.54) is 5.06 Å². The quantitative estimate of drug-likeness (QED) is 0.631. The molecule has 2 aliphatic rings. The zero-order chi connectivity index (χ0) is 23.9. The molecule has 33 heavy (non-hydrogen) atoms. The number of alkyl halides is 3. The fraction of sp³-hybridized carbons (Fsp3) is 0.381. The lowest BCUT2D eigenvalue weighted by Crippen LogP contribution is -2.39. The third-order valence-corrected chi connectivity index (χ3v) is 5.94. The van der Waals surface area contributed by atoms with Crippen LogP contribution in [0, 0.1) is 5.92 Å². The van der Waals surface area contributed by atoms with Crippen molar-refractivity contribution >= 4 is 29.2 Å². The molecular formula is C21H20ClF3N4O4. The van der Waals surface area contributed by atoms with Crippen LogP contribution < -0.4 is 10.1 Å². The number of hydrogen-bond donors (Lipinski definition) is 1. The first-order chi connectivity index (χ1) is 15.6. The molecule has 2 amide bonds. The number of methoxy groups -OCH3 is 1. The Morgan fingerprint density at radius 1 is 1.21 bits per heavy atom. The number of halogens is 4. The van der Waals surface area contributed by atoms with Crippen LogP contribution in [0.5, 0.6) is 5.75 Å². The van der Waals surface area contributed by atoms with Gasteiger partial charge in [0.15, 0.2) is 6.10 Å². The fourth-order valence-electron chi connectivity index (χ4n) is 4.06. The van der Waals surface area contributed by atoms with Crippen LogP contribution >= 0.6 is 11.6 Å². The number of likely N-dealkylation sites (tertiary alicyclic amines) is 1. The first kappa shape index (κ1) is 23.3. The molecule has 2 aliphatic heterocycles. The molecule has 0 unspecified atom stereocenters. The predicted molar refractivity (Wildman–Crippen MR) is 111 cm³/mol. The Bertz CT molecular complexity index is 1070. The van der Waals surface area contributed by atoms with Crippen LogP contribution in [0.2, 0.25) is 5.02 Å². The van der Waals surface area contributed by atoms with E-state index in [2.05, 4.69) is 10.3 Å². The average Bonchev–Trinajstić information content (AvgIpc) is 3.23. The molecule has 4 rings (SSSR count). The van der Waals surface area contributed by atoms with Gasteiger partial charge in [-0.3, -0.25) is 19.3 Å². The van der Waals surface area contributed by atoms with Crippen molar-refractivity contribution in [1.29, 1.82) is 0 Å². The molecule has 3 atom stereocenters. The smallest absolute Gasteiger partial charge is 0.417 e. The highest BCUT2D eigenvalue weighted by Gasteiger charge is 2.58. The number of anilines is 1. The summed E-state index contributed by atoms with van der Waals surface area (Å²) in [6.45, 7) is 0.0319. The van der Waals surface area contributed by atoms with Crippen LogP contribution in [0.25, 0.3) is 0 Å². The van der Waals surface area contributed by atoms with Crippen molar-refractivity contribution in [2.45, 2.75) is 18.3 Å². The van der Waals surface area contributed by atoms with Crippen molar-refractivity contribution in [3.05, 3.63) is 52.7 Å². The number of aromatic nitrogens is 1. The molecule has 1 N–H and O–H groups in total. The van der Waals surface area contributed by atoms with Crippen LogP contribution in [-0.4, -0.2) is 60.1 Å². The van der Waals surface area contributed by atoms with Gasteiger partial charge in [0.2, 0.25) is 5.91 Å². The summed E-state index contributed by atoms with van der Waals surface area (Å²) in [4.78, 5) is 36.4. The second-order valence-corrected chi connectivity index (χ2v) is 8.03. The average molecular weight is 485 g/mol. The maximum atomic E-state index is 13.1. The van der Waals surface area contributed by atoms with Crippen molar-refractivity contribution in [3.63, 3.8) is 0 Å². The minimum absolute atomic E-state index is 0.0217. The molecule has 2 aromatic rings. The number of carbonyl (C=O) groups excluding carboxylic acids is 2. The molecule has 2 saturated heterocycles. The summed E-state index contributed by atoms with van der Waals surface area (Å²) < 4.78 is 43.4. The highest BCUT2D eigenvalue weighted by molar-refractivity contribution is 6.33. The summed E-state index contributed by atoms with van der Waals surface area (Å²) in [7, 11) is 3.21. The number of fused-ring (bicyclic) bond motifs is 1. The zero-order valence-electron chi connectivity index (χ0n) is 17.6. The Labute approximate surface area is 192 Å². The Morgan fingerprint density at radius 2 is 1.91 bits per heavy atom. The summed E-state index contributed by atoms with van der Waals surface area (Å²) >= 11 is 5.88. The topological polar surface area (TPSA) is 84.0 Å². The molecule has 8 nitrogen and oxygen atoms in total. The van der Waals surface area contributed by atoms with Crippen LogP contribution in [0.4, 0.5) is 19.0 Å². The van der Waals surface area contributed by atoms with Gasteiger partial charge in [0.25, 0.3) is 5.91 Å². The molecule has 0 saturated carbocycles. The second-order valence-electron chi connectivity index (χ2n) is 7.62. The van der Waals surface area contributed by atoms with Crippen molar-refractivity contribution in [2.75, 3.05) is 32.6 Å². The van der Waals surface area contributed by atoms with E-state index in [1.54, 1.807) is 26.3 Å². The van der Waals surface area contributed by atoms with E-state index in [0.717, 1.165) is 16.5 Å². The van der Waals surface area contributed by atoms with Gasteiger partial charge in [0.05, 0.1) is 29.7 Å². The number of carbonyl (C=O) groups is 2. The van der Waals surface area contributed by atoms with Gasteiger partial charge in [-0.25, -0.2) is 4.98 Å². The zero-order valence-corrected chi connectivity index (χ0v) is 18.4. The summed E-state index contributed by atoms with van der Waals surface area (Å²) in [5.74, 6) is -0.891. The summed E-state index contributed by atoms with van der Waals surface area (Å²) in [6.07, 6.45) is -4.84. The second kappa shape index (κ2) is 8.81. The highest BCUT2D eigenvalue weighted by Crippen LogP contribution is 2.43. The number of hydrogen-bond acceptors (Lipinski definition) is 7. The van der Waals surface area contributed by atoms with E-state index in [1.807, 2.05) is 12.1 Å². The van der Waals surface area contributed by atoms with E-state index in [4.69, 9.17) is 21.2 Å². The largest absolute Gasteiger partial charge is 0.497 e. The van der Waals surface area contributed by atoms with Crippen molar-refractivity contribution < 1.29 is 32.3 Å². The number of amides is 2. The number of nitrogens with zero attached hydrogens (tertiary/aromatic N) is 3. The number of ether oxygens (including phenoxy) is 1. The molecule has 0 bridgehead atoms. The number of rotatable bonds is 6. The Morgan fingerprint density at radius 3 is 2.52 bits per heavy atom. The minimum Gasteiger partial charge on any atom is -0.497 e. The molecule has 12 heteroatoms. The van der Waals surface area contributed by atoms with Crippen molar-refractivity contribution in [1.82, 2.24) is 14.9 Å². The first-order valence-electron chi connectivity index (χ1n) is 9.97. The number of imide groups is 1. The van der Waals surface area contributed by atoms with Crippen LogP contribution in [0.1, 0.15) is 17.2 Å². The van der Waals surface area contributed by atoms with E-state index in [-0.39, 0.29) is 29.8 Å². The van der Waals surface area contributed by atoms with Gasteiger partial charge in [-0.05, 0) is 23.8 Å². The Kier molecular flexibility index (Phi) is 6.21. The molecule has 2 fully saturated rings. The van der Waals surface area contributed by atoms with E-state index >= 15 is 0 Å². The number of pyridine rings is 1. The minimum atomic E-state index is -4.56. The normalized spacial score (nSPS) is 23.2. The molecule has 1 aromatic heterocycles. The Balaban J connectivity index is 1.43. The van der Waals surface area contributed by atoms with Crippen LogP contribution in [-0.2, 0) is 20.6 Å². The predicted octanol–water partition coefficient (Wildman–Crippen LogP) is 3.15. The number of benzene rings is 1. The van der Waals surface area contributed by atoms with Gasteiger partial charge in [-0.1, -0.05) is 23.7 Å². The summed E-state index contributed by atoms with van der Waals surface area (Å²) in [5.41, 5.74) is -0.172. The molecule has 3 heterocycles. The highest BCUT2D eigenvalue weighted by atomic mass is 35.5. The SMILES string of the molecule is COc1ccc([C@H]2[C@@H]3C(=O)N(CCNc4ncc(C(F)(F)F)cc4Cl)C(=O)[C@@H]3ON2C)cc1. The van der Waals surface area contributed by atoms with E-state index in [0.29, 0.717) is 11.9 Å². The lowest BCUT2D eigenvalue weighted by Gasteiger charge is -2.24. The van der Waals surface area contributed by atoms with Gasteiger partial charge in [0, 0.05) is 26.3 Å². The lowest BCUT2D eigenvalue weighted by molar-refractivity contribution is -0.169. The van der Waals surface area contributed by atoms with Crippen molar-refractivity contribution in [2.24, 2.45) is 5.92 Å². The standard InChI is InChI=1S/C21H20ClF3N4O4/c1-28-16(11-3-5-13(32-2)6-4-11)15-17(33-28)20(31)29(19(15)30)8-7-26-18-14(22)9-12(10-27-18)21(23,24)25/h3-6,9-10,15-17H,7-8H2,1-2H3,(H,26,27)/t15-,16-,17+/m0/s1. The van der Waals surface area contributed by atoms with Crippen LogP contribution in [0.3, 0.4) is 0 Å². The Hall–Kier alpha value is -2.89. The molecule has 1 aromatic carbocycles. The van der Waals surface area contributed by atoms with Gasteiger partial charge >= 0.3 is 6.18 Å². The fourth-order valence-corrected chi connectivity index (χ4v) is 4.29. The van der Waals surface area contributed by atoms with Gasteiger partial charge in [-0.2, -0.15) is 18.2 Å². The third-order valence-electron chi connectivity index (χ3n) is 5.65. The number of hydroxylamine groups is 2.